The fourth-order valence-electron chi connectivity index (χ4n) is 3.60. The van der Waals surface area contributed by atoms with E-state index in [-0.39, 0.29) is 11.9 Å². The van der Waals surface area contributed by atoms with Crippen LogP contribution >= 0.6 is 0 Å². The van der Waals surface area contributed by atoms with Crippen LogP contribution in [0.15, 0.2) is 36.5 Å². The molecule has 1 aromatic carbocycles. The first kappa shape index (κ1) is 16.6. The van der Waals surface area contributed by atoms with Crippen molar-refractivity contribution in [2.24, 2.45) is 7.05 Å². The smallest absolute Gasteiger partial charge is 0.254 e. The highest BCUT2D eigenvalue weighted by Crippen LogP contribution is 2.32. The van der Waals surface area contributed by atoms with Crippen LogP contribution in [0.2, 0.25) is 0 Å². The molecule has 4 nitrogen and oxygen atoms in total. The van der Waals surface area contributed by atoms with Gasteiger partial charge in [0.25, 0.3) is 5.91 Å². The minimum atomic E-state index is 0.0985. The number of carbonyl (C=O) groups excluding carboxylic acids is 1. The third kappa shape index (κ3) is 3.18. The van der Waals surface area contributed by atoms with Gasteiger partial charge in [-0.2, -0.15) is 0 Å². The molecule has 0 bridgehead atoms. The first-order valence-electron chi connectivity index (χ1n) is 8.68. The van der Waals surface area contributed by atoms with Crippen molar-refractivity contribution in [2.75, 3.05) is 13.7 Å². The molecule has 0 radical (unpaired) electrons. The Hall–Kier alpha value is -2.23. The van der Waals surface area contributed by atoms with E-state index < -0.39 is 0 Å². The van der Waals surface area contributed by atoms with Crippen molar-refractivity contribution in [3.63, 3.8) is 0 Å². The molecule has 128 valence electrons. The summed E-state index contributed by atoms with van der Waals surface area (Å²) in [4.78, 5) is 15.3. The number of rotatable bonds is 3. The van der Waals surface area contributed by atoms with Gasteiger partial charge in [0.1, 0.15) is 5.75 Å². The molecule has 1 amide bonds. The molecular weight excluding hydrogens is 300 g/mol. The number of hydrogen-bond donors (Lipinski definition) is 0. The highest BCUT2D eigenvalue weighted by molar-refractivity contribution is 5.95. The van der Waals surface area contributed by atoms with Crippen molar-refractivity contribution in [1.82, 2.24) is 9.47 Å². The van der Waals surface area contributed by atoms with Crippen LogP contribution in [0.4, 0.5) is 0 Å². The number of benzene rings is 1. The van der Waals surface area contributed by atoms with Gasteiger partial charge in [-0.1, -0.05) is 18.9 Å². The Labute approximate surface area is 144 Å². The highest BCUT2D eigenvalue weighted by atomic mass is 16.5. The first-order chi connectivity index (χ1) is 11.6. The maximum Gasteiger partial charge on any atom is 0.254 e. The summed E-state index contributed by atoms with van der Waals surface area (Å²) >= 11 is 0. The zero-order valence-electron chi connectivity index (χ0n) is 14.8. The van der Waals surface area contributed by atoms with Gasteiger partial charge in [0.2, 0.25) is 0 Å². The van der Waals surface area contributed by atoms with Gasteiger partial charge >= 0.3 is 0 Å². The lowest BCUT2D eigenvalue weighted by molar-refractivity contribution is 0.0674. The number of aromatic nitrogens is 1. The maximum absolute atomic E-state index is 13.2. The molecule has 0 spiro atoms. The molecule has 0 N–H and O–H groups in total. The van der Waals surface area contributed by atoms with Crippen molar-refractivity contribution in [1.29, 1.82) is 0 Å². The van der Waals surface area contributed by atoms with Crippen LogP contribution in [0.1, 0.15) is 53.3 Å². The number of aryl methyl sites for hydroxylation is 2. The number of ether oxygens (including phenoxy) is 1. The van der Waals surface area contributed by atoms with Gasteiger partial charge in [-0.25, -0.2) is 0 Å². The molecule has 1 atom stereocenters. The summed E-state index contributed by atoms with van der Waals surface area (Å²) in [6.45, 7) is 2.80. The molecule has 1 aliphatic rings. The van der Waals surface area contributed by atoms with Gasteiger partial charge in [-0.3, -0.25) is 4.79 Å². The summed E-state index contributed by atoms with van der Waals surface area (Å²) in [6.07, 6.45) is 6.48. The molecule has 0 unspecified atom stereocenters. The molecule has 2 aromatic rings. The second kappa shape index (κ2) is 7.12. The second-order valence-electron chi connectivity index (χ2n) is 6.59. The number of nitrogens with zero attached hydrogens (tertiary/aromatic N) is 2. The van der Waals surface area contributed by atoms with Crippen molar-refractivity contribution in [3.05, 3.63) is 53.3 Å². The first-order valence-corrected chi connectivity index (χ1v) is 8.68. The maximum atomic E-state index is 13.2. The highest BCUT2D eigenvalue weighted by Gasteiger charge is 2.29. The van der Waals surface area contributed by atoms with Crippen LogP contribution in [-0.4, -0.2) is 29.0 Å². The summed E-state index contributed by atoms with van der Waals surface area (Å²) in [5.41, 5.74) is 2.96. The lowest BCUT2D eigenvalue weighted by atomic mass is 10.0. The molecule has 1 aliphatic heterocycles. The molecular formula is C20H26N2O2. The van der Waals surface area contributed by atoms with E-state index in [1.165, 1.54) is 12.1 Å². The summed E-state index contributed by atoms with van der Waals surface area (Å²) in [5, 5.41) is 0. The van der Waals surface area contributed by atoms with Crippen molar-refractivity contribution in [3.8, 4) is 5.75 Å². The summed E-state index contributed by atoms with van der Waals surface area (Å²) < 4.78 is 7.52. The minimum Gasteiger partial charge on any atom is -0.496 e. The van der Waals surface area contributed by atoms with Gasteiger partial charge in [-0.15, -0.1) is 0 Å². The fourth-order valence-corrected chi connectivity index (χ4v) is 3.60. The molecule has 1 saturated heterocycles. The Morgan fingerprint density at radius 1 is 1.21 bits per heavy atom. The third-order valence-corrected chi connectivity index (χ3v) is 4.99. The second-order valence-corrected chi connectivity index (χ2v) is 6.59. The van der Waals surface area contributed by atoms with Crippen molar-refractivity contribution < 1.29 is 9.53 Å². The van der Waals surface area contributed by atoms with Gasteiger partial charge in [0.15, 0.2) is 0 Å². The lowest BCUT2D eigenvalue weighted by Gasteiger charge is -2.31. The van der Waals surface area contributed by atoms with Gasteiger partial charge in [-0.05, 0) is 49.6 Å². The molecule has 4 heteroatoms. The summed E-state index contributed by atoms with van der Waals surface area (Å²) in [5.74, 6) is 0.868. The summed E-state index contributed by atoms with van der Waals surface area (Å²) in [6, 6.07) is 10.1. The molecule has 0 saturated carbocycles. The van der Waals surface area contributed by atoms with E-state index in [9.17, 15) is 4.79 Å². The Kier molecular flexibility index (Phi) is 4.93. The largest absolute Gasteiger partial charge is 0.496 e. The zero-order valence-corrected chi connectivity index (χ0v) is 14.8. The molecule has 2 heterocycles. The Balaban J connectivity index is 1.94. The zero-order chi connectivity index (χ0) is 17.1. The van der Waals surface area contributed by atoms with E-state index in [1.54, 1.807) is 7.11 Å². The molecule has 3 rings (SSSR count). The van der Waals surface area contributed by atoms with E-state index in [1.807, 2.05) is 30.0 Å². The Morgan fingerprint density at radius 2 is 2.04 bits per heavy atom. The standard InChI is InChI=1S/C20H26N2O2/c1-15-10-11-16(14-19(15)24-3)20(23)22-13-6-4-5-8-18(22)17-9-7-12-21(17)2/h7,9-12,14,18H,4-6,8,13H2,1-3H3/t18-/m0/s1. The monoisotopic (exact) mass is 326 g/mol. The van der Waals surface area contributed by atoms with E-state index in [2.05, 4.69) is 29.9 Å². The van der Waals surface area contributed by atoms with Gasteiger partial charge in [0.05, 0.1) is 13.2 Å². The SMILES string of the molecule is COc1cc(C(=O)N2CCCCC[C@H]2c2cccn2C)ccc1C. The van der Waals surface area contributed by atoms with Crippen LogP contribution in [0.5, 0.6) is 5.75 Å². The quantitative estimate of drug-likeness (QED) is 0.851. The van der Waals surface area contributed by atoms with Gasteiger partial charge < -0.3 is 14.2 Å². The third-order valence-electron chi connectivity index (χ3n) is 4.99. The molecule has 1 fully saturated rings. The predicted molar refractivity (Wildman–Crippen MR) is 95.4 cm³/mol. The predicted octanol–water partition coefficient (Wildman–Crippen LogP) is 4.10. The molecule has 24 heavy (non-hydrogen) atoms. The van der Waals surface area contributed by atoms with Crippen LogP contribution in [0.25, 0.3) is 0 Å². The van der Waals surface area contributed by atoms with Crippen molar-refractivity contribution in [2.45, 2.75) is 38.6 Å². The Bertz CT molecular complexity index is 720. The fraction of sp³-hybridized carbons (Fsp3) is 0.450. The number of amides is 1. The van der Waals surface area contributed by atoms with Crippen LogP contribution in [0, 0.1) is 6.92 Å². The lowest BCUT2D eigenvalue weighted by Crippen LogP contribution is -2.35. The average molecular weight is 326 g/mol. The number of methoxy groups -OCH3 is 1. The normalized spacial score (nSPS) is 18.3. The molecule has 0 aliphatic carbocycles. The van der Waals surface area contributed by atoms with Crippen LogP contribution < -0.4 is 4.74 Å². The van der Waals surface area contributed by atoms with Crippen LogP contribution in [0.3, 0.4) is 0 Å². The number of hydrogen-bond acceptors (Lipinski definition) is 2. The van der Waals surface area contributed by atoms with Gasteiger partial charge in [0, 0.05) is 31.0 Å². The number of likely N-dealkylation sites (tertiary alicyclic amines) is 1. The van der Waals surface area contributed by atoms with E-state index in [4.69, 9.17) is 4.74 Å². The number of carbonyl (C=O) groups is 1. The topological polar surface area (TPSA) is 34.5 Å². The average Bonchev–Trinajstić information content (AvgIpc) is 2.87. The summed E-state index contributed by atoms with van der Waals surface area (Å²) in [7, 11) is 3.70. The van der Waals surface area contributed by atoms with E-state index in [0.29, 0.717) is 5.56 Å². The molecule has 1 aromatic heterocycles. The van der Waals surface area contributed by atoms with E-state index >= 15 is 0 Å². The van der Waals surface area contributed by atoms with Crippen LogP contribution in [-0.2, 0) is 7.05 Å². The Morgan fingerprint density at radius 3 is 2.75 bits per heavy atom. The minimum absolute atomic E-state index is 0.0985. The van der Waals surface area contributed by atoms with Crippen molar-refractivity contribution >= 4 is 5.91 Å². The van der Waals surface area contributed by atoms with E-state index in [0.717, 1.165) is 37.1 Å².